The molecule has 86 valence electrons. The summed E-state index contributed by atoms with van der Waals surface area (Å²) >= 11 is 0. The summed E-state index contributed by atoms with van der Waals surface area (Å²) in [4.78, 5) is 2.55. The van der Waals surface area contributed by atoms with Crippen molar-refractivity contribution in [1.29, 1.82) is 0 Å². The minimum atomic E-state index is 0.102. The molecule has 4 heterocycles. The molecule has 0 radical (unpaired) electrons. The maximum atomic E-state index is 9.72. The van der Waals surface area contributed by atoms with Crippen molar-refractivity contribution in [2.75, 3.05) is 13.2 Å². The lowest BCUT2D eigenvalue weighted by Gasteiger charge is -2.32. The van der Waals surface area contributed by atoms with Crippen molar-refractivity contribution in [2.45, 2.75) is 37.4 Å². The number of fused-ring (bicyclic) bond motifs is 5. The second kappa shape index (κ2) is 2.87. The molecule has 4 heteroatoms. The van der Waals surface area contributed by atoms with E-state index in [0.717, 1.165) is 19.5 Å². The van der Waals surface area contributed by atoms with Crippen LogP contribution in [0.15, 0.2) is 12.3 Å². The molecule has 0 bridgehead atoms. The molecule has 4 nitrogen and oxygen atoms in total. The third-order valence-corrected chi connectivity index (χ3v) is 4.83. The van der Waals surface area contributed by atoms with Crippen LogP contribution in [0.4, 0.5) is 0 Å². The van der Waals surface area contributed by atoms with Crippen LogP contribution in [0.25, 0.3) is 0 Å². The normalized spacial score (nSPS) is 41.1. The van der Waals surface area contributed by atoms with Crippen LogP contribution < -0.4 is 0 Å². The van der Waals surface area contributed by atoms with E-state index < -0.39 is 0 Å². The zero-order chi connectivity index (χ0) is 10.8. The van der Waals surface area contributed by atoms with Crippen molar-refractivity contribution >= 4 is 0 Å². The Labute approximate surface area is 94.9 Å². The molecule has 3 aliphatic rings. The molecule has 1 aromatic rings. The van der Waals surface area contributed by atoms with Crippen LogP contribution in [-0.4, -0.2) is 38.5 Å². The Morgan fingerprint density at radius 2 is 2.50 bits per heavy atom. The summed E-state index contributed by atoms with van der Waals surface area (Å²) in [6.07, 6.45) is 5.46. The van der Waals surface area contributed by atoms with Gasteiger partial charge in [-0.25, -0.2) is 0 Å². The lowest BCUT2D eigenvalue weighted by atomic mass is 9.90. The first-order chi connectivity index (χ1) is 7.84. The van der Waals surface area contributed by atoms with E-state index in [9.17, 15) is 5.11 Å². The van der Waals surface area contributed by atoms with Gasteiger partial charge in [0.1, 0.15) is 0 Å². The van der Waals surface area contributed by atoms with Crippen LogP contribution in [0.1, 0.15) is 31.0 Å². The average molecular weight is 219 g/mol. The SMILES string of the molecule is OC[C@@]12CCCN1[C@@H]1c3ccnn3C[C@@H]1C2. The molecule has 3 aliphatic heterocycles. The highest BCUT2D eigenvalue weighted by atomic mass is 16.3. The summed E-state index contributed by atoms with van der Waals surface area (Å²) in [5, 5.41) is 14.1. The fourth-order valence-corrected chi connectivity index (χ4v) is 4.24. The van der Waals surface area contributed by atoms with Crippen molar-refractivity contribution < 1.29 is 5.11 Å². The van der Waals surface area contributed by atoms with Crippen molar-refractivity contribution in [2.24, 2.45) is 5.92 Å². The van der Waals surface area contributed by atoms with E-state index in [1.165, 1.54) is 18.5 Å². The molecule has 0 aliphatic carbocycles. The highest BCUT2D eigenvalue weighted by Crippen LogP contribution is 2.54. The molecule has 0 aromatic carbocycles. The molecular formula is C12H17N3O. The molecule has 16 heavy (non-hydrogen) atoms. The van der Waals surface area contributed by atoms with Crippen LogP contribution in [0.3, 0.4) is 0 Å². The number of rotatable bonds is 1. The minimum Gasteiger partial charge on any atom is -0.394 e. The van der Waals surface area contributed by atoms with E-state index >= 15 is 0 Å². The van der Waals surface area contributed by atoms with Gasteiger partial charge in [-0.05, 0) is 31.9 Å². The van der Waals surface area contributed by atoms with Gasteiger partial charge in [-0.15, -0.1) is 0 Å². The van der Waals surface area contributed by atoms with Crippen LogP contribution >= 0.6 is 0 Å². The van der Waals surface area contributed by atoms with Gasteiger partial charge in [0.15, 0.2) is 0 Å². The monoisotopic (exact) mass is 219 g/mol. The number of aromatic nitrogens is 2. The molecule has 0 amide bonds. The number of hydrogen-bond donors (Lipinski definition) is 1. The van der Waals surface area contributed by atoms with Gasteiger partial charge in [0, 0.05) is 24.2 Å². The molecule has 0 saturated carbocycles. The average Bonchev–Trinajstić information content (AvgIpc) is 2.93. The largest absolute Gasteiger partial charge is 0.394 e. The number of aliphatic hydroxyl groups excluding tert-OH is 1. The highest BCUT2D eigenvalue weighted by molar-refractivity contribution is 5.21. The highest BCUT2D eigenvalue weighted by Gasteiger charge is 2.56. The Morgan fingerprint density at radius 3 is 3.38 bits per heavy atom. The second-order valence-electron chi connectivity index (χ2n) is 5.53. The van der Waals surface area contributed by atoms with Gasteiger partial charge in [0.2, 0.25) is 0 Å². The minimum absolute atomic E-state index is 0.102. The molecule has 2 fully saturated rings. The van der Waals surface area contributed by atoms with E-state index in [1.54, 1.807) is 0 Å². The van der Waals surface area contributed by atoms with Crippen molar-refractivity contribution in [3.05, 3.63) is 18.0 Å². The third kappa shape index (κ3) is 0.908. The summed E-state index contributed by atoms with van der Waals surface area (Å²) in [7, 11) is 0. The van der Waals surface area contributed by atoms with Gasteiger partial charge < -0.3 is 5.11 Å². The van der Waals surface area contributed by atoms with Gasteiger partial charge >= 0.3 is 0 Å². The van der Waals surface area contributed by atoms with E-state index in [2.05, 4.69) is 20.7 Å². The van der Waals surface area contributed by atoms with Gasteiger partial charge in [-0.3, -0.25) is 9.58 Å². The van der Waals surface area contributed by atoms with Crippen LogP contribution in [0.2, 0.25) is 0 Å². The second-order valence-corrected chi connectivity index (χ2v) is 5.53. The number of aliphatic hydroxyl groups is 1. The molecule has 3 atom stereocenters. The third-order valence-electron chi connectivity index (χ3n) is 4.83. The molecule has 1 N–H and O–H groups in total. The lowest BCUT2D eigenvalue weighted by molar-refractivity contribution is 0.0765. The Hall–Kier alpha value is -0.870. The topological polar surface area (TPSA) is 41.3 Å². The van der Waals surface area contributed by atoms with Crippen LogP contribution in [0.5, 0.6) is 0 Å². The molecule has 2 saturated heterocycles. The van der Waals surface area contributed by atoms with E-state index in [0.29, 0.717) is 18.6 Å². The Balaban J connectivity index is 1.78. The first-order valence-electron chi connectivity index (χ1n) is 6.23. The van der Waals surface area contributed by atoms with E-state index in [4.69, 9.17) is 0 Å². The smallest absolute Gasteiger partial charge is 0.0615 e. The Morgan fingerprint density at radius 1 is 1.56 bits per heavy atom. The van der Waals surface area contributed by atoms with Gasteiger partial charge in [-0.2, -0.15) is 5.10 Å². The van der Waals surface area contributed by atoms with E-state index in [-0.39, 0.29) is 5.54 Å². The fraction of sp³-hybridized carbons (Fsp3) is 0.750. The first-order valence-corrected chi connectivity index (χ1v) is 6.23. The van der Waals surface area contributed by atoms with Crippen LogP contribution in [0, 0.1) is 5.92 Å². The molecule has 4 rings (SSSR count). The summed E-state index contributed by atoms with van der Waals surface area (Å²) in [6, 6.07) is 2.67. The molecule has 0 spiro atoms. The number of nitrogens with zero attached hydrogens (tertiary/aromatic N) is 3. The van der Waals surface area contributed by atoms with Gasteiger partial charge in [-0.1, -0.05) is 0 Å². The predicted octanol–water partition coefficient (Wildman–Crippen LogP) is 0.785. The standard InChI is InChI=1S/C12H17N3O/c16-8-12-3-1-5-14(12)11-9(6-12)7-15-10(11)2-4-13-15/h2,4,9,11,16H,1,3,5-8H2/t9-,11-,12-/m0/s1. The zero-order valence-electron chi connectivity index (χ0n) is 9.34. The Bertz CT molecular complexity index is 430. The van der Waals surface area contributed by atoms with Crippen molar-refractivity contribution in [3.63, 3.8) is 0 Å². The maximum Gasteiger partial charge on any atom is 0.0615 e. The zero-order valence-corrected chi connectivity index (χ0v) is 9.34. The van der Waals surface area contributed by atoms with Crippen molar-refractivity contribution in [1.82, 2.24) is 14.7 Å². The quantitative estimate of drug-likeness (QED) is 0.759. The summed E-state index contributed by atoms with van der Waals surface area (Å²) < 4.78 is 2.15. The van der Waals surface area contributed by atoms with Gasteiger partial charge in [0.05, 0.1) is 18.3 Å². The summed E-state index contributed by atoms with van der Waals surface area (Å²) in [5.74, 6) is 0.677. The maximum absolute atomic E-state index is 9.72. The first kappa shape index (κ1) is 9.19. The summed E-state index contributed by atoms with van der Waals surface area (Å²) in [5.41, 5.74) is 1.47. The molecular weight excluding hydrogens is 202 g/mol. The molecule has 0 unspecified atom stereocenters. The molecule has 1 aromatic heterocycles. The fourth-order valence-electron chi connectivity index (χ4n) is 4.24. The van der Waals surface area contributed by atoms with Crippen LogP contribution in [-0.2, 0) is 6.54 Å². The summed E-state index contributed by atoms with van der Waals surface area (Å²) in [6.45, 7) is 2.52. The predicted molar refractivity (Wildman–Crippen MR) is 58.8 cm³/mol. The van der Waals surface area contributed by atoms with Gasteiger partial charge in [0.25, 0.3) is 0 Å². The van der Waals surface area contributed by atoms with Crippen molar-refractivity contribution in [3.8, 4) is 0 Å². The Kier molecular flexibility index (Phi) is 1.65. The van der Waals surface area contributed by atoms with E-state index in [1.807, 2.05) is 6.20 Å². The lowest BCUT2D eigenvalue weighted by Crippen LogP contribution is -2.42. The number of hydrogen-bond acceptors (Lipinski definition) is 3.